The van der Waals surface area contributed by atoms with Crippen molar-refractivity contribution in [3.8, 4) is 0 Å². The predicted octanol–water partition coefficient (Wildman–Crippen LogP) is 2.48. The minimum absolute atomic E-state index is 0.160. The highest BCUT2D eigenvalue weighted by molar-refractivity contribution is 6.31. The third-order valence-electron chi connectivity index (χ3n) is 3.27. The van der Waals surface area contributed by atoms with Crippen LogP contribution in [0.5, 0.6) is 0 Å². The van der Waals surface area contributed by atoms with E-state index in [1.165, 1.54) is 12.8 Å². The van der Waals surface area contributed by atoms with Gasteiger partial charge in [-0.1, -0.05) is 30.9 Å². The summed E-state index contributed by atoms with van der Waals surface area (Å²) in [6.07, 6.45) is 6.79. The van der Waals surface area contributed by atoms with Gasteiger partial charge in [0.1, 0.15) is 0 Å². The summed E-state index contributed by atoms with van der Waals surface area (Å²) in [5.41, 5.74) is 0.992. The summed E-state index contributed by atoms with van der Waals surface area (Å²) in [7, 11) is 1.89. The van der Waals surface area contributed by atoms with Gasteiger partial charge < -0.3 is 5.11 Å². The highest BCUT2D eigenvalue weighted by atomic mass is 35.5. The summed E-state index contributed by atoms with van der Waals surface area (Å²) in [4.78, 5) is 0. The van der Waals surface area contributed by atoms with E-state index in [1.807, 2.05) is 7.05 Å². The molecule has 1 aromatic heterocycles. The monoisotopic (exact) mass is 228 g/mol. The van der Waals surface area contributed by atoms with Crippen LogP contribution in [0.4, 0.5) is 0 Å². The number of aliphatic hydroxyl groups is 1. The lowest BCUT2D eigenvalue weighted by Gasteiger charge is -2.20. The summed E-state index contributed by atoms with van der Waals surface area (Å²) < 4.78 is 1.79. The lowest BCUT2D eigenvalue weighted by Crippen LogP contribution is -2.19. The van der Waals surface area contributed by atoms with Gasteiger partial charge in [-0.2, -0.15) is 5.10 Å². The summed E-state index contributed by atoms with van der Waals surface area (Å²) in [6, 6.07) is 0. The molecule has 15 heavy (non-hydrogen) atoms. The van der Waals surface area contributed by atoms with Crippen LogP contribution in [0.3, 0.4) is 0 Å². The van der Waals surface area contributed by atoms with Crippen LogP contribution < -0.4 is 0 Å². The molecule has 0 radical (unpaired) electrons. The predicted molar refractivity (Wildman–Crippen MR) is 60.1 cm³/mol. The van der Waals surface area contributed by atoms with E-state index in [9.17, 15) is 5.11 Å². The van der Waals surface area contributed by atoms with Crippen molar-refractivity contribution in [2.75, 3.05) is 0 Å². The molecule has 2 unspecified atom stereocenters. The Morgan fingerprint density at radius 3 is 2.80 bits per heavy atom. The molecule has 0 saturated heterocycles. The molecule has 0 aliphatic heterocycles. The van der Waals surface area contributed by atoms with Gasteiger partial charge in [0.05, 0.1) is 23.0 Å². The zero-order valence-electron chi connectivity index (χ0n) is 8.99. The van der Waals surface area contributed by atoms with E-state index in [-0.39, 0.29) is 12.0 Å². The molecule has 1 fully saturated rings. The molecule has 1 aliphatic carbocycles. The average Bonchev–Trinajstić information content (AvgIpc) is 2.42. The van der Waals surface area contributed by atoms with E-state index in [0.29, 0.717) is 5.02 Å². The highest BCUT2D eigenvalue weighted by Crippen LogP contribution is 2.35. The van der Waals surface area contributed by atoms with Crippen molar-refractivity contribution in [1.82, 2.24) is 9.78 Å². The van der Waals surface area contributed by atoms with Gasteiger partial charge in [0.15, 0.2) is 0 Å². The molecular weight excluding hydrogens is 212 g/mol. The molecular formula is C11H17ClN2O. The van der Waals surface area contributed by atoms with Crippen molar-refractivity contribution in [3.05, 3.63) is 16.9 Å². The lowest BCUT2D eigenvalue weighted by molar-refractivity contribution is 0.132. The number of aryl methyl sites for hydroxylation is 1. The SMILES string of the molecule is Cn1ncc(Cl)c1C1CCCCCC1O. The Kier molecular flexibility index (Phi) is 3.32. The zero-order chi connectivity index (χ0) is 10.8. The molecule has 1 saturated carbocycles. The Hall–Kier alpha value is -0.540. The van der Waals surface area contributed by atoms with E-state index in [1.54, 1.807) is 10.9 Å². The molecule has 2 atom stereocenters. The summed E-state index contributed by atoms with van der Waals surface area (Å²) in [5.74, 6) is 0.160. The van der Waals surface area contributed by atoms with E-state index in [4.69, 9.17) is 11.6 Å². The van der Waals surface area contributed by atoms with E-state index in [2.05, 4.69) is 5.10 Å². The fraction of sp³-hybridized carbons (Fsp3) is 0.727. The van der Waals surface area contributed by atoms with Crippen LogP contribution in [0.25, 0.3) is 0 Å². The third kappa shape index (κ3) is 2.18. The second-order valence-electron chi connectivity index (χ2n) is 4.31. The molecule has 1 N–H and O–H groups in total. The van der Waals surface area contributed by atoms with Crippen molar-refractivity contribution < 1.29 is 5.11 Å². The number of aliphatic hydroxyl groups excluding tert-OH is 1. The standard InChI is InChI=1S/C11H17ClN2O/c1-14-11(9(12)7-13-14)8-5-3-2-4-6-10(8)15/h7-8,10,15H,2-6H2,1H3. The molecule has 3 nitrogen and oxygen atoms in total. The van der Waals surface area contributed by atoms with Gasteiger partial charge in [-0.3, -0.25) is 4.68 Å². The van der Waals surface area contributed by atoms with E-state index in [0.717, 1.165) is 25.0 Å². The number of nitrogens with zero attached hydrogens (tertiary/aromatic N) is 2. The van der Waals surface area contributed by atoms with Crippen LogP contribution in [0.2, 0.25) is 5.02 Å². The molecule has 0 bridgehead atoms. The molecule has 1 aliphatic rings. The van der Waals surface area contributed by atoms with Crippen LogP contribution in [0.1, 0.15) is 43.7 Å². The number of halogens is 1. The van der Waals surface area contributed by atoms with Gasteiger partial charge in [-0.15, -0.1) is 0 Å². The van der Waals surface area contributed by atoms with E-state index < -0.39 is 0 Å². The topological polar surface area (TPSA) is 38.0 Å². The number of hydrogen-bond acceptors (Lipinski definition) is 2. The van der Waals surface area contributed by atoms with Gasteiger partial charge in [0.25, 0.3) is 0 Å². The van der Waals surface area contributed by atoms with Crippen molar-refractivity contribution in [1.29, 1.82) is 0 Å². The van der Waals surface area contributed by atoms with Crippen molar-refractivity contribution in [3.63, 3.8) is 0 Å². The molecule has 4 heteroatoms. The first kappa shape index (κ1) is 11.0. The van der Waals surface area contributed by atoms with Crippen molar-refractivity contribution in [2.45, 2.75) is 44.1 Å². The fourth-order valence-electron chi connectivity index (χ4n) is 2.44. The zero-order valence-corrected chi connectivity index (χ0v) is 9.74. The molecule has 1 heterocycles. The second kappa shape index (κ2) is 4.54. The number of hydrogen-bond donors (Lipinski definition) is 1. The molecule has 1 aromatic rings. The maximum absolute atomic E-state index is 10.1. The molecule has 2 rings (SSSR count). The van der Waals surface area contributed by atoms with Gasteiger partial charge in [0, 0.05) is 13.0 Å². The van der Waals surface area contributed by atoms with Gasteiger partial charge >= 0.3 is 0 Å². The molecule has 0 spiro atoms. The van der Waals surface area contributed by atoms with Gasteiger partial charge in [-0.05, 0) is 12.8 Å². The fourth-order valence-corrected chi connectivity index (χ4v) is 2.75. The highest BCUT2D eigenvalue weighted by Gasteiger charge is 2.27. The third-order valence-corrected chi connectivity index (χ3v) is 3.56. The van der Waals surface area contributed by atoms with Crippen LogP contribution in [-0.4, -0.2) is 21.0 Å². The van der Waals surface area contributed by atoms with Gasteiger partial charge in [-0.25, -0.2) is 0 Å². The Morgan fingerprint density at radius 1 is 1.40 bits per heavy atom. The largest absolute Gasteiger partial charge is 0.392 e. The second-order valence-corrected chi connectivity index (χ2v) is 4.72. The van der Waals surface area contributed by atoms with Crippen LogP contribution >= 0.6 is 11.6 Å². The van der Waals surface area contributed by atoms with Gasteiger partial charge in [0.2, 0.25) is 0 Å². The first-order chi connectivity index (χ1) is 7.20. The van der Waals surface area contributed by atoms with Crippen LogP contribution in [-0.2, 0) is 7.05 Å². The lowest BCUT2D eigenvalue weighted by atomic mass is 9.94. The number of rotatable bonds is 1. The quantitative estimate of drug-likeness (QED) is 0.750. The smallest absolute Gasteiger partial charge is 0.0821 e. The van der Waals surface area contributed by atoms with Crippen molar-refractivity contribution in [2.24, 2.45) is 7.05 Å². The Labute approximate surface area is 95.0 Å². The summed E-state index contributed by atoms with van der Waals surface area (Å²) >= 11 is 6.10. The average molecular weight is 229 g/mol. The summed E-state index contributed by atoms with van der Waals surface area (Å²) in [5, 5.41) is 14.9. The molecule has 0 amide bonds. The molecule has 0 aromatic carbocycles. The number of aromatic nitrogens is 2. The Balaban J connectivity index is 2.27. The van der Waals surface area contributed by atoms with Crippen LogP contribution in [0.15, 0.2) is 6.20 Å². The first-order valence-corrected chi connectivity index (χ1v) is 5.93. The van der Waals surface area contributed by atoms with E-state index >= 15 is 0 Å². The van der Waals surface area contributed by atoms with Crippen LogP contribution in [0, 0.1) is 0 Å². The normalized spacial score (nSPS) is 27.7. The molecule has 84 valence electrons. The minimum atomic E-state index is -0.264. The Morgan fingerprint density at radius 2 is 2.13 bits per heavy atom. The maximum atomic E-state index is 10.1. The maximum Gasteiger partial charge on any atom is 0.0821 e. The van der Waals surface area contributed by atoms with Crippen molar-refractivity contribution >= 4 is 11.6 Å². The Bertz CT molecular complexity index is 318. The minimum Gasteiger partial charge on any atom is -0.392 e. The first-order valence-electron chi connectivity index (χ1n) is 5.55. The summed E-state index contributed by atoms with van der Waals surface area (Å²) in [6.45, 7) is 0.